The van der Waals surface area contributed by atoms with Gasteiger partial charge >= 0.3 is 0 Å². The standard InChI is InChI=1S/C14H20Cl3NO/c1-3-14(4-2,9-19)8-18-7-10-11(15)5-6-12(16)13(10)17/h5-6,18-19H,3-4,7-9H2,1-2H3. The first kappa shape index (κ1) is 17.1. The molecule has 1 rings (SSSR count). The highest BCUT2D eigenvalue weighted by Gasteiger charge is 2.24. The topological polar surface area (TPSA) is 32.3 Å². The summed E-state index contributed by atoms with van der Waals surface area (Å²) in [7, 11) is 0. The van der Waals surface area contributed by atoms with Crippen LogP contribution in [0, 0.1) is 5.41 Å². The molecule has 1 aromatic carbocycles. The number of aliphatic hydroxyl groups is 1. The number of hydrogen-bond acceptors (Lipinski definition) is 2. The van der Waals surface area contributed by atoms with Gasteiger partial charge in [0.05, 0.1) is 10.0 Å². The summed E-state index contributed by atoms with van der Waals surface area (Å²) in [4.78, 5) is 0. The summed E-state index contributed by atoms with van der Waals surface area (Å²) in [5.41, 5.74) is 0.715. The monoisotopic (exact) mass is 323 g/mol. The Labute approximate surface area is 130 Å². The largest absolute Gasteiger partial charge is 0.396 e. The van der Waals surface area contributed by atoms with Crippen molar-refractivity contribution >= 4 is 34.8 Å². The zero-order valence-corrected chi connectivity index (χ0v) is 13.5. The van der Waals surface area contributed by atoms with E-state index >= 15 is 0 Å². The Bertz CT molecular complexity index is 411. The molecule has 0 atom stereocenters. The van der Waals surface area contributed by atoms with Crippen molar-refractivity contribution in [2.24, 2.45) is 5.41 Å². The minimum absolute atomic E-state index is 0.0858. The summed E-state index contributed by atoms with van der Waals surface area (Å²) in [6.45, 7) is 5.60. The maximum absolute atomic E-state index is 9.51. The van der Waals surface area contributed by atoms with Gasteiger partial charge in [-0.2, -0.15) is 0 Å². The van der Waals surface area contributed by atoms with Crippen molar-refractivity contribution in [3.63, 3.8) is 0 Å². The molecular formula is C14H20Cl3NO. The fraction of sp³-hybridized carbons (Fsp3) is 0.571. The van der Waals surface area contributed by atoms with E-state index in [-0.39, 0.29) is 12.0 Å². The molecular weight excluding hydrogens is 305 g/mol. The van der Waals surface area contributed by atoms with E-state index in [1.165, 1.54) is 0 Å². The molecule has 0 aliphatic carbocycles. The average molecular weight is 325 g/mol. The van der Waals surface area contributed by atoms with Crippen molar-refractivity contribution in [1.29, 1.82) is 0 Å². The molecule has 2 N–H and O–H groups in total. The first-order valence-electron chi connectivity index (χ1n) is 6.43. The molecule has 0 bridgehead atoms. The average Bonchev–Trinajstić information content (AvgIpc) is 2.43. The molecule has 0 unspecified atom stereocenters. The van der Waals surface area contributed by atoms with E-state index in [1.54, 1.807) is 12.1 Å². The highest BCUT2D eigenvalue weighted by Crippen LogP contribution is 2.31. The molecule has 0 aliphatic heterocycles. The Kier molecular flexibility index (Phi) is 6.92. The van der Waals surface area contributed by atoms with E-state index in [9.17, 15) is 5.11 Å². The fourth-order valence-electron chi connectivity index (χ4n) is 1.96. The van der Waals surface area contributed by atoms with Crippen LogP contribution in [-0.2, 0) is 6.54 Å². The van der Waals surface area contributed by atoms with Gasteiger partial charge in [-0.15, -0.1) is 0 Å². The molecule has 0 amide bonds. The minimum Gasteiger partial charge on any atom is -0.396 e. The number of hydrogen-bond donors (Lipinski definition) is 2. The van der Waals surface area contributed by atoms with Gasteiger partial charge in [0, 0.05) is 35.7 Å². The van der Waals surface area contributed by atoms with Gasteiger partial charge in [-0.05, 0) is 25.0 Å². The van der Waals surface area contributed by atoms with Crippen LogP contribution in [-0.4, -0.2) is 18.3 Å². The van der Waals surface area contributed by atoms with E-state index in [2.05, 4.69) is 19.2 Å². The maximum Gasteiger partial charge on any atom is 0.0652 e. The maximum atomic E-state index is 9.51. The van der Waals surface area contributed by atoms with Crippen molar-refractivity contribution in [2.45, 2.75) is 33.2 Å². The second-order valence-electron chi connectivity index (χ2n) is 4.79. The molecule has 0 radical (unpaired) electrons. The number of benzene rings is 1. The molecule has 0 fully saturated rings. The summed E-state index contributed by atoms with van der Waals surface area (Å²) in [6, 6.07) is 3.43. The van der Waals surface area contributed by atoms with Crippen LogP contribution in [0.4, 0.5) is 0 Å². The summed E-state index contributed by atoms with van der Waals surface area (Å²) in [5.74, 6) is 0. The van der Waals surface area contributed by atoms with Crippen LogP contribution in [0.15, 0.2) is 12.1 Å². The Morgan fingerprint density at radius 3 is 2.21 bits per heavy atom. The summed E-state index contributed by atoms with van der Waals surface area (Å²) >= 11 is 18.2. The number of aliphatic hydroxyl groups excluding tert-OH is 1. The third-order valence-corrected chi connectivity index (χ3v) is 4.97. The lowest BCUT2D eigenvalue weighted by atomic mass is 9.83. The van der Waals surface area contributed by atoms with Crippen LogP contribution in [0.5, 0.6) is 0 Å². The minimum atomic E-state index is -0.0858. The smallest absolute Gasteiger partial charge is 0.0652 e. The molecule has 0 spiro atoms. The molecule has 0 heterocycles. The fourth-order valence-corrected chi connectivity index (χ4v) is 2.64. The van der Waals surface area contributed by atoms with Crippen molar-refractivity contribution in [1.82, 2.24) is 5.32 Å². The molecule has 5 heteroatoms. The van der Waals surface area contributed by atoms with E-state index in [0.29, 0.717) is 21.6 Å². The van der Waals surface area contributed by atoms with Crippen molar-refractivity contribution in [3.05, 3.63) is 32.8 Å². The van der Waals surface area contributed by atoms with Crippen LogP contribution >= 0.6 is 34.8 Å². The summed E-state index contributed by atoms with van der Waals surface area (Å²) in [6.07, 6.45) is 1.84. The van der Waals surface area contributed by atoms with Crippen LogP contribution in [0.1, 0.15) is 32.3 Å². The van der Waals surface area contributed by atoms with Gasteiger partial charge in [-0.3, -0.25) is 0 Å². The Morgan fingerprint density at radius 1 is 1.11 bits per heavy atom. The van der Waals surface area contributed by atoms with Crippen LogP contribution in [0.3, 0.4) is 0 Å². The summed E-state index contributed by atoms with van der Waals surface area (Å²) < 4.78 is 0. The number of nitrogens with one attached hydrogen (secondary N) is 1. The first-order valence-corrected chi connectivity index (χ1v) is 7.57. The normalized spacial score (nSPS) is 11.9. The third kappa shape index (κ3) is 4.24. The van der Waals surface area contributed by atoms with Crippen LogP contribution in [0.25, 0.3) is 0 Å². The van der Waals surface area contributed by atoms with Crippen LogP contribution in [0.2, 0.25) is 15.1 Å². The number of rotatable bonds is 7. The van der Waals surface area contributed by atoms with Crippen LogP contribution < -0.4 is 5.32 Å². The number of halogens is 3. The van der Waals surface area contributed by atoms with Gasteiger partial charge in [-0.1, -0.05) is 48.7 Å². The van der Waals surface area contributed by atoms with Gasteiger partial charge in [0.25, 0.3) is 0 Å². The Balaban J connectivity index is 2.70. The molecule has 0 aromatic heterocycles. The van der Waals surface area contributed by atoms with E-state index in [4.69, 9.17) is 34.8 Å². The lowest BCUT2D eigenvalue weighted by Gasteiger charge is -2.29. The Hall–Kier alpha value is 0.01000. The van der Waals surface area contributed by atoms with Gasteiger partial charge in [0.1, 0.15) is 0 Å². The van der Waals surface area contributed by atoms with Crippen molar-refractivity contribution in [2.75, 3.05) is 13.2 Å². The van der Waals surface area contributed by atoms with E-state index in [1.807, 2.05) is 0 Å². The Morgan fingerprint density at radius 2 is 1.68 bits per heavy atom. The highest BCUT2D eigenvalue weighted by molar-refractivity contribution is 6.44. The molecule has 0 saturated carbocycles. The van der Waals surface area contributed by atoms with Gasteiger partial charge in [-0.25, -0.2) is 0 Å². The lowest BCUT2D eigenvalue weighted by Crippen LogP contribution is -2.36. The van der Waals surface area contributed by atoms with Crippen molar-refractivity contribution in [3.8, 4) is 0 Å². The summed E-state index contributed by atoms with van der Waals surface area (Å²) in [5, 5.41) is 14.4. The van der Waals surface area contributed by atoms with E-state index in [0.717, 1.165) is 24.9 Å². The van der Waals surface area contributed by atoms with E-state index < -0.39 is 0 Å². The zero-order chi connectivity index (χ0) is 14.5. The van der Waals surface area contributed by atoms with Gasteiger partial charge in [0.2, 0.25) is 0 Å². The van der Waals surface area contributed by atoms with Gasteiger partial charge in [0.15, 0.2) is 0 Å². The quantitative estimate of drug-likeness (QED) is 0.722. The molecule has 1 aromatic rings. The second kappa shape index (κ2) is 7.70. The predicted octanol–water partition coefficient (Wildman–Crippen LogP) is 4.54. The molecule has 0 saturated heterocycles. The molecule has 19 heavy (non-hydrogen) atoms. The lowest BCUT2D eigenvalue weighted by molar-refractivity contribution is 0.113. The first-order chi connectivity index (χ1) is 8.99. The molecule has 108 valence electrons. The highest BCUT2D eigenvalue weighted by atomic mass is 35.5. The molecule has 0 aliphatic rings. The second-order valence-corrected chi connectivity index (χ2v) is 5.98. The van der Waals surface area contributed by atoms with Crippen molar-refractivity contribution < 1.29 is 5.11 Å². The third-order valence-electron chi connectivity index (χ3n) is 3.78. The molecule has 2 nitrogen and oxygen atoms in total. The SMILES string of the molecule is CCC(CC)(CO)CNCc1c(Cl)ccc(Cl)c1Cl. The predicted molar refractivity (Wildman–Crippen MR) is 83.3 cm³/mol. The zero-order valence-electron chi connectivity index (χ0n) is 11.3. The van der Waals surface area contributed by atoms with Gasteiger partial charge < -0.3 is 10.4 Å².